The predicted octanol–water partition coefficient (Wildman–Crippen LogP) is 4.53. The van der Waals surface area contributed by atoms with Gasteiger partial charge in [0, 0.05) is 43.5 Å². The van der Waals surface area contributed by atoms with Gasteiger partial charge in [-0.15, -0.1) is 0 Å². The molecule has 0 bridgehead atoms. The zero-order chi connectivity index (χ0) is 27.2. The molecule has 0 saturated carbocycles. The summed E-state index contributed by atoms with van der Waals surface area (Å²) in [6.07, 6.45) is -0.552. The minimum atomic E-state index is -4.41. The first-order valence-electron chi connectivity index (χ1n) is 11.7. The second-order valence-corrected chi connectivity index (χ2v) is 9.85. The van der Waals surface area contributed by atoms with Crippen molar-refractivity contribution in [2.75, 3.05) is 6.54 Å². The Hall–Kier alpha value is -3.74. The van der Waals surface area contributed by atoms with Crippen molar-refractivity contribution in [1.29, 1.82) is 0 Å². The van der Waals surface area contributed by atoms with Crippen LogP contribution < -0.4 is 10.3 Å². The van der Waals surface area contributed by atoms with Crippen molar-refractivity contribution in [3.63, 3.8) is 0 Å². The Labute approximate surface area is 217 Å². The second kappa shape index (κ2) is 9.86. The normalized spacial score (nSPS) is 13.0. The highest BCUT2D eigenvalue weighted by Gasteiger charge is 2.30. The lowest BCUT2D eigenvalue weighted by atomic mass is 9.99. The van der Waals surface area contributed by atoms with Gasteiger partial charge in [-0.3, -0.25) is 9.35 Å². The Morgan fingerprint density at radius 1 is 1.16 bits per heavy atom. The first-order valence-corrected chi connectivity index (χ1v) is 12.8. The van der Waals surface area contributed by atoms with Gasteiger partial charge in [-0.25, -0.2) is 13.9 Å². The number of fused-ring (bicyclic) bond motifs is 2. The van der Waals surface area contributed by atoms with Crippen LogP contribution in [0.25, 0.3) is 33.1 Å². The van der Waals surface area contributed by atoms with Crippen LogP contribution in [0.15, 0.2) is 59.7 Å². The van der Waals surface area contributed by atoms with Gasteiger partial charge in [0.25, 0.3) is 5.56 Å². The molecular weight excluding hydrogens is 519 g/mol. The number of aromatic nitrogens is 4. The molecule has 3 heterocycles. The number of nitrogens with one attached hydrogen (secondary N) is 2. The third kappa shape index (κ3) is 4.89. The predicted molar refractivity (Wildman–Crippen MR) is 140 cm³/mol. The molecule has 0 fully saturated rings. The third-order valence-corrected chi connectivity index (χ3v) is 7.02. The summed E-state index contributed by atoms with van der Waals surface area (Å²) in [4.78, 5) is 20.3. The van der Waals surface area contributed by atoms with Gasteiger partial charge in [-0.05, 0) is 60.4 Å². The summed E-state index contributed by atoms with van der Waals surface area (Å²) in [6, 6.07) is 10.8. The number of alkyl halides is 3. The number of nitrogens with zero attached hydrogens (tertiary/aromatic N) is 3. The fourth-order valence-corrected chi connectivity index (χ4v) is 4.99. The summed E-state index contributed by atoms with van der Waals surface area (Å²) in [6.45, 7) is 2.35. The zero-order valence-corrected chi connectivity index (χ0v) is 21.3. The Balaban J connectivity index is 1.66. The van der Waals surface area contributed by atoms with Crippen LogP contribution >= 0.6 is 0 Å². The number of rotatable bonds is 7. The Bertz CT molecular complexity index is 1740. The van der Waals surface area contributed by atoms with Crippen molar-refractivity contribution < 1.29 is 21.9 Å². The minimum Gasteiger partial charge on any atom is -0.357 e. The van der Waals surface area contributed by atoms with E-state index in [0.717, 1.165) is 39.7 Å². The Morgan fingerprint density at radius 2 is 1.89 bits per heavy atom. The molecule has 0 aliphatic heterocycles. The summed E-state index contributed by atoms with van der Waals surface area (Å²) < 4.78 is 65.3. The summed E-state index contributed by atoms with van der Waals surface area (Å²) in [5.74, 6) is 0.671. The van der Waals surface area contributed by atoms with Crippen LogP contribution in [0, 0.1) is 6.92 Å². The second-order valence-electron chi connectivity index (χ2n) is 9.06. The van der Waals surface area contributed by atoms with E-state index in [1.165, 1.54) is 16.7 Å². The third-order valence-electron chi connectivity index (χ3n) is 6.57. The van der Waals surface area contributed by atoms with Crippen LogP contribution in [0.1, 0.15) is 22.5 Å². The van der Waals surface area contributed by atoms with E-state index < -0.39 is 23.0 Å². The SMILES string of the molecule is Cc1nc2c(CCNS(=O)O)cc(-c3cn(C)c(=O)c4[nH]ccc34)cc2n1Cc1ccc(C(F)(F)F)cc1. The van der Waals surface area contributed by atoms with Gasteiger partial charge in [-0.2, -0.15) is 13.2 Å². The van der Waals surface area contributed by atoms with Crippen LogP contribution in [-0.4, -0.2) is 34.4 Å². The van der Waals surface area contributed by atoms with E-state index in [0.29, 0.717) is 35.4 Å². The van der Waals surface area contributed by atoms with Crippen molar-refractivity contribution in [2.24, 2.45) is 7.05 Å². The molecule has 0 aliphatic rings. The fraction of sp³-hybridized carbons (Fsp3) is 0.231. The number of pyridine rings is 1. The number of aromatic amines is 1. The van der Waals surface area contributed by atoms with Crippen molar-refractivity contribution in [2.45, 2.75) is 26.1 Å². The maximum Gasteiger partial charge on any atom is 0.416 e. The van der Waals surface area contributed by atoms with Crippen molar-refractivity contribution in [3.05, 3.63) is 87.7 Å². The highest BCUT2D eigenvalue weighted by atomic mass is 32.2. The van der Waals surface area contributed by atoms with E-state index in [9.17, 15) is 22.2 Å². The molecule has 5 rings (SSSR count). The lowest BCUT2D eigenvalue weighted by Crippen LogP contribution is -2.19. The van der Waals surface area contributed by atoms with Gasteiger partial charge < -0.3 is 14.1 Å². The van der Waals surface area contributed by atoms with Gasteiger partial charge in [0.15, 0.2) is 0 Å². The number of imidazole rings is 1. The average molecular weight is 544 g/mol. The topological polar surface area (TPSA) is 105 Å². The molecular formula is C26H24F3N5O3S. The molecule has 5 aromatic rings. The van der Waals surface area contributed by atoms with Crippen molar-refractivity contribution in [3.8, 4) is 11.1 Å². The first-order chi connectivity index (χ1) is 18.0. The summed E-state index contributed by atoms with van der Waals surface area (Å²) in [7, 11) is 1.67. The highest BCUT2D eigenvalue weighted by molar-refractivity contribution is 7.77. The molecule has 8 nitrogen and oxygen atoms in total. The van der Waals surface area contributed by atoms with E-state index >= 15 is 0 Å². The van der Waals surface area contributed by atoms with Crippen LogP contribution in [0.4, 0.5) is 13.2 Å². The molecule has 1 unspecified atom stereocenters. The molecule has 3 aromatic heterocycles. The maximum absolute atomic E-state index is 13.0. The number of hydrogen-bond acceptors (Lipinski definition) is 3. The average Bonchev–Trinajstić information content (AvgIpc) is 3.46. The summed E-state index contributed by atoms with van der Waals surface area (Å²) in [5, 5.41) is 0.749. The molecule has 0 saturated heterocycles. The van der Waals surface area contributed by atoms with Gasteiger partial charge in [0.05, 0.1) is 16.6 Å². The molecule has 2 aromatic carbocycles. The van der Waals surface area contributed by atoms with E-state index in [-0.39, 0.29) is 12.1 Å². The van der Waals surface area contributed by atoms with Crippen LogP contribution in [0.5, 0.6) is 0 Å². The number of aryl methyl sites for hydroxylation is 2. The standard InChI is InChI=1S/C26H24F3N5O3S/c1-15-32-23-17(7-10-31-38(36)37)11-18(21-14-33(2)25(35)24-20(21)8-9-30-24)12-22(23)34(15)13-16-3-5-19(6-4-16)26(27,28)29/h3-6,8-9,11-12,14,30-31H,7,10,13H2,1-2H3,(H,36,37). The lowest BCUT2D eigenvalue weighted by molar-refractivity contribution is -0.137. The molecule has 0 aliphatic carbocycles. The van der Waals surface area contributed by atoms with Crippen molar-refractivity contribution >= 4 is 33.2 Å². The molecule has 1 atom stereocenters. The molecule has 3 N–H and O–H groups in total. The van der Waals surface area contributed by atoms with E-state index in [2.05, 4.69) is 9.71 Å². The molecule has 0 amide bonds. The number of halogens is 3. The van der Waals surface area contributed by atoms with E-state index in [4.69, 9.17) is 9.54 Å². The van der Waals surface area contributed by atoms with E-state index in [1.54, 1.807) is 19.4 Å². The lowest BCUT2D eigenvalue weighted by Gasteiger charge is -2.13. The number of H-pyrrole nitrogens is 1. The van der Waals surface area contributed by atoms with Crippen LogP contribution in [0.3, 0.4) is 0 Å². The minimum absolute atomic E-state index is 0.159. The largest absolute Gasteiger partial charge is 0.416 e. The number of benzene rings is 2. The molecule has 0 spiro atoms. The van der Waals surface area contributed by atoms with Crippen LogP contribution in [-0.2, 0) is 37.5 Å². The molecule has 12 heteroatoms. The molecule has 38 heavy (non-hydrogen) atoms. The van der Waals surface area contributed by atoms with E-state index in [1.807, 2.05) is 29.7 Å². The first kappa shape index (κ1) is 25.9. The summed E-state index contributed by atoms with van der Waals surface area (Å²) >= 11 is -2.17. The summed E-state index contributed by atoms with van der Waals surface area (Å²) in [5.41, 5.74) is 4.18. The monoisotopic (exact) mass is 543 g/mol. The maximum atomic E-state index is 13.0. The van der Waals surface area contributed by atoms with Crippen molar-refractivity contribution in [1.82, 2.24) is 23.8 Å². The quantitative estimate of drug-likeness (QED) is 0.263. The van der Waals surface area contributed by atoms with Gasteiger partial charge >= 0.3 is 6.18 Å². The fourth-order valence-electron chi connectivity index (χ4n) is 4.71. The van der Waals surface area contributed by atoms with Gasteiger partial charge in [0.2, 0.25) is 11.3 Å². The Kier molecular flexibility index (Phi) is 6.72. The zero-order valence-electron chi connectivity index (χ0n) is 20.5. The smallest absolute Gasteiger partial charge is 0.357 e. The van der Waals surface area contributed by atoms with Crippen LogP contribution in [0.2, 0.25) is 0 Å². The Morgan fingerprint density at radius 3 is 2.58 bits per heavy atom. The van der Waals surface area contributed by atoms with Gasteiger partial charge in [0.1, 0.15) is 11.3 Å². The number of hydrogen-bond donors (Lipinski definition) is 3. The highest BCUT2D eigenvalue weighted by Crippen LogP contribution is 2.33. The molecule has 0 radical (unpaired) electrons. The molecule has 198 valence electrons. The van der Waals surface area contributed by atoms with Gasteiger partial charge in [-0.1, -0.05) is 12.1 Å².